The fourth-order valence-electron chi connectivity index (χ4n) is 2.10. The summed E-state index contributed by atoms with van der Waals surface area (Å²) in [5.74, 6) is -0.515. The van der Waals surface area contributed by atoms with Gasteiger partial charge in [-0.3, -0.25) is 4.79 Å². The molecule has 106 valence electrons. The van der Waals surface area contributed by atoms with Crippen LogP contribution in [0.1, 0.15) is 24.2 Å². The number of nitrogens with zero attached hydrogens (tertiary/aromatic N) is 1. The fourth-order valence-corrected chi connectivity index (χ4v) is 2.35. The molecule has 0 radical (unpaired) electrons. The van der Waals surface area contributed by atoms with Gasteiger partial charge in [-0.15, -0.1) is 12.4 Å². The maximum Gasteiger partial charge on any atom is 0.254 e. The van der Waals surface area contributed by atoms with Crippen molar-refractivity contribution in [1.82, 2.24) is 10.2 Å². The second-order valence-electron chi connectivity index (χ2n) is 4.74. The Kier molecular flexibility index (Phi) is 5.77. The Hall–Kier alpha value is -0.650. The van der Waals surface area contributed by atoms with Crippen LogP contribution in [-0.4, -0.2) is 36.0 Å². The number of hydrogen-bond acceptors (Lipinski definition) is 2. The third-order valence-electron chi connectivity index (χ3n) is 3.19. The molecular formula is C13H17BrClFN2O. The Balaban J connectivity index is 0.00000180. The average molecular weight is 352 g/mol. The molecule has 1 aromatic carbocycles. The Labute approximate surface area is 127 Å². The van der Waals surface area contributed by atoms with Crippen LogP contribution in [0.4, 0.5) is 4.39 Å². The Morgan fingerprint density at radius 1 is 1.47 bits per heavy atom. The molecule has 3 nitrogen and oxygen atoms in total. The second-order valence-corrected chi connectivity index (χ2v) is 5.60. The van der Waals surface area contributed by atoms with Crippen molar-refractivity contribution in [2.75, 3.05) is 13.1 Å². The standard InChI is InChI=1S/C13H16BrFN2O.ClH/c1-8-7-17(9(2)6-16-8)13(18)10-3-4-11(14)12(15)5-10;/h3-5,8-9,16H,6-7H2,1-2H3;1H. The highest BCUT2D eigenvalue weighted by Crippen LogP contribution is 2.19. The van der Waals surface area contributed by atoms with Gasteiger partial charge >= 0.3 is 0 Å². The van der Waals surface area contributed by atoms with Gasteiger partial charge in [-0.25, -0.2) is 4.39 Å². The minimum Gasteiger partial charge on any atom is -0.333 e. The molecule has 0 saturated carbocycles. The van der Waals surface area contributed by atoms with E-state index in [1.54, 1.807) is 17.0 Å². The predicted octanol–water partition coefficient (Wildman–Crippen LogP) is 2.83. The second kappa shape index (κ2) is 6.68. The van der Waals surface area contributed by atoms with E-state index in [4.69, 9.17) is 0 Å². The summed E-state index contributed by atoms with van der Waals surface area (Å²) < 4.78 is 13.8. The van der Waals surface area contributed by atoms with Gasteiger partial charge in [0.05, 0.1) is 4.47 Å². The number of piperazine rings is 1. The highest BCUT2D eigenvalue weighted by atomic mass is 79.9. The normalized spacial score (nSPS) is 22.8. The Bertz CT molecular complexity index is 472. The summed E-state index contributed by atoms with van der Waals surface area (Å²) in [5.41, 5.74) is 0.400. The van der Waals surface area contributed by atoms with Crippen molar-refractivity contribution in [3.8, 4) is 0 Å². The smallest absolute Gasteiger partial charge is 0.254 e. The molecular weight excluding hydrogens is 335 g/mol. The van der Waals surface area contributed by atoms with Crippen LogP contribution >= 0.6 is 28.3 Å². The van der Waals surface area contributed by atoms with E-state index in [0.717, 1.165) is 6.54 Å². The molecule has 2 atom stereocenters. The molecule has 1 heterocycles. The summed E-state index contributed by atoms with van der Waals surface area (Å²) in [4.78, 5) is 14.1. The van der Waals surface area contributed by atoms with E-state index in [0.29, 0.717) is 16.6 Å². The summed E-state index contributed by atoms with van der Waals surface area (Å²) in [6.07, 6.45) is 0. The first-order chi connectivity index (χ1) is 8.49. The van der Waals surface area contributed by atoms with Gasteiger partial charge in [-0.05, 0) is 48.0 Å². The molecule has 1 fully saturated rings. The van der Waals surface area contributed by atoms with Gasteiger partial charge in [-0.2, -0.15) is 0 Å². The molecule has 1 amide bonds. The number of carbonyl (C=O) groups excluding carboxylic acids is 1. The predicted molar refractivity (Wildman–Crippen MR) is 79.3 cm³/mol. The van der Waals surface area contributed by atoms with Crippen molar-refractivity contribution < 1.29 is 9.18 Å². The summed E-state index contributed by atoms with van der Waals surface area (Å²) in [6, 6.07) is 4.89. The first-order valence-electron chi connectivity index (χ1n) is 5.98. The van der Waals surface area contributed by atoms with Crippen molar-refractivity contribution in [3.05, 3.63) is 34.1 Å². The average Bonchev–Trinajstić information content (AvgIpc) is 2.35. The number of rotatable bonds is 1. The van der Waals surface area contributed by atoms with Crippen molar-refractivity contribution >= 4 is 34.2 Å². The van der Waals surface area contributed by atoms with Crippen molar-refractivity contribution in [2.24, 2.45) is 0 Å². The molecule has 2 unspecified atom stereocenters. The SMILES string of the molecule is CC1CN(C(=O)c2ccc(Br)c(F)c2)C(C)CN1.Cl. The molecule has 1 saturated heterocycles. The summed E-state index contributed by atoms with van der Waals surface area (Å²) in [5, 5.41) is 3.31. The van der Waals surface area contributed by atoms with Crippen molar-refractivity contribution in [1.29, 1.82) is 0 Å². The van der Waals surface area contributed by atoms with Crippen LogP contribution in [0, 0.1) is 5.82 Å². The van der Waals surface area contributed by atoms with Crippen LogP contribution in [0.15, 0.2) is 22.7 Å². The number of carbonyl (C=O) groups is 1. The van der Waals surface area contributed by atoms with Crippen LogP contribution < -0.4 is 5.32 Å². The molecule has 1 aliphatic heterocycles. The molecule has 1 N–H and O–H groups in total. The first-order valence-corrected chi connectivity index (χ1v) is 6.77. The number of amides is 1. The highest BCUT2D eigenvalue weighted by molar-refractivity contribution is 9.10. The summed E-state index contributed by atoms with van der Waals surface area (Å²) >= 11 is 3.09. The van der Waals surface area contributed by atoms with Crippen LogP contribution in [0.25, 0.3) is 0 Å². The lowest BCUT2D eigenvalue weighted by Crippen LogP contribution is -2.56. The van der Waals surface area contributed by atoms with Crippen molar-refractivity contribution in [3.63, 3.8) is 0 Å². The van der Waals surface area contributed by atoms with Gasteiger partial charge in [0.1, 0.15) is 5.82 Å². The molecule has 6 heteroatoms. The fraction of sp³-hybridized carbons (Fsp3) is 0.462. The monoisotopic (exact) mass is 350 g/mol. The van der Waals surface area contributed by atoms with E-state index in [-0.39, 0.29) is 30.4 Å². The number of hydrogen-bond donors (Lipinski definition) is 1. The van der Waals surface area contributed by atoms with Gasteiger partial charge in [0.15, 0.2) is 0 Å². The quantitative estimate of drug-likeness (QED) is 0.844. The molecule has 0 spiro atoms. The maximum absolute atomic E-state index is 13.5. The Morgan fingerprint density at radius 3 is 2.79 bits per heavy atom. The van der Waals surface area contributed by atoms with E-state index in [1.807, 2.05) is 13.8 Å². The topological polar surface area (TPSA) is 32.3 Å². The van der Waals surface area contributed by atoms with Crippen LogP contribution in [0.3, 0.4) is 0 Å². The molecule has 19 heavy (non-hydrogen) atoms. The largest absolute Gasteiger partial charge is 0.333 e. The molecule has 1 aromatic rings. The lowest BCUT2D eigenvalue weighted by atomic mass is 10.1. The number of benzene rings is 1. The lowest BCUT2D eigenvalue weighted by Gasteiger charge is -2.37. The van der Waals surface area contributed by atoms with Gasteiger partial charge in [0, 0.05) is 30.7 Å². The van der Waals surface area contributed by atoms with Gasteiger partial charge in [-0.1, -0.05) is 0 Å². The number of halogens is 3. The third kappa shape index (κ3) is 3.68. The number of nitrogens with one attached hydrogen (secondary N) is 1. The highest BCUT2D eigenvalue weighted by Gasteiger charge is 2.27. The summed E-state index contributed by atoms with van der Waals surface area (Å²) in [6.45, 7) is 5.45. The summed E-state index contributed by atoms with van der Waals surface area (Å²) in [7, 11) is 0. The maximum atomic E-state index is 13.5. The molecule has 0 aromatic heterocycles. The van der Waals surface area contributed by atoms with Gasteiger partial charge < -0.3 is 10.2 Å². The molecule has 0 aliphatic carbocycles. The van der Waals surface area contributed by atoms with Crippen LogP contribution in [0.2, 0.25) is 0 Å². The van der Waals surface area contributed by atoms with E-state index >= 15 is 0 Å². The van der Waals surface area contributed by atoms with E-state index < -0.39 is 5.82 Å². The first kappa shape index (κ1) is 16.4. The van der Waals surface area contributed by atoms with Gasteiger partial charge in [0.2, 0.25) is 0 Å². The zero-order valence-electron chi connectivity index (χ0n) is 10.8. The third-order valence-corrected chi connectivity index (χ3v) is 3.83. The minimum absolute atomic E-state index is 0. The van der Waals surface area contributed by atoms with E-state index in [2.05, 4.69) is 21.2 Å². The molecule has 2 rings (SSSR count). The zero-order valence-corrected chi connectivity index (χ0v) is 13.2. The minimum atomic E-state index is -0.406. The van der Waals surface area contributed by atoms with Gasteiger partial charge in [0.25, 0.3) is 5.91 Å². The van der Waals surface area contributed by atoms with E-state index in [9.17, 15) is 9.18 Å². The Morgan fingerprint density at radius 2 is 2.16 bits per heavy atom. The van der Waals surface area contributed by atoms with E-state index in [1.165, 1.54) is 6.07 Å². The van der Waals surface area contributed by atoms with Crippen LogP contribution in [-0.2, 0) is 0 Å². The van der Waals surface area contributed by atoms with Crippen LogP contribution in [0.5, 0.6) is 0 Å². The molecule has 0 bridgehead atoms. The lowest BCUT2D eigenvalue weighted by molar-refractivity contribution is 0.0616. The van der Waals surface area contributed by atoms with Crippen molar-refractivity contribution in [2.45, 2.75) is 25.9 Å². The zero-order chi connectivity index (χ0) is 13.3. The molecule has 1 aliphatic rings.